The van der Waals surface area contributed by atoms with Crippen molar-refractivity contribution in [3.8, 4) is 0 Å². The molecular weight excluding hydrogens is 254 g/mol. The molecule has 2 heteroatoms. The van der Waals surface area contributed by atoms with Crippen LogP contribution in [-0.2, 0) is 6.42 Å². The number of hydrogen-bond acceptors (Lipinski definition) is 1. The van der Waals surface area contributed by atoms with Crippen molar-refractivity contribution in [1.29, 1.82) is 0 Å². The first-order chi connectivity index (χ1) is 8.97. The lowest BCUT2D eigenvalue weighted by Gasteiger charge is -2.17. The van der Waals surface area contributed by atoms with E-state index in [-0.39, 0.29) is 6.04 Å². The van der Waals surface area contributed by atoms with Gasteiger partial charge in [0.05, 0.1) is 0 Å². The molecule has 1 unspecified atom stereocenters. The van der Waals surface area contributed by atoms with Gasteiger partial charge in [0, 0.05) is 11.1 Å². The lowest BCUT2D eigenvalue weighted by atomic mass is 9.92. The largest absolute Gasteiger partial charge is 0.324 e. The molecule has 0 amide bonds. The summed E-state index contributed by atoms with van der Waals surface area (Å²) in [4.78, 5) is 0. The van der Waals surface area contributed by atoms with E-state index in [1.165, 1.54) is 22.3 Å². The second kappa shape index (κ2) is 5.77. The molecule has 0 aromatic heterocycles. The van der Waals surface area contributed by atoms with Gasteiger partial charge in [-0.25, -0.2) is 0 Å². The standard InChI is InChI=1S/C17H20ClN/c1-11-8-12(2)16(13(3)9-11)10-17(19)14-4-6-15(18)7-5-14/h4-9,17H,10,19H2,1-3H3. The normalized spacial score (nSPS) is 12.5. The third kappa shape index (κ3) is 3.37. The molecule has 2 rings (SSSR count). The van der Waals surface area contributed by atoms with E-state index in [1.54, 1.807) is 0 Å². The molecule has 100 valence electrons. The summed E-state index contributed by atoms with van der Waals surface area (Å²) in [5, 5.41) is 0.749. The van der Waals surface area contributed by atoms with Crippen LogP contribution in [0.5, 0.6) is 0 Å². The van der Waals surface area contributed by atoms with Gasteiger partial charge in [0.15, 0.2) is 0 Å². The maximum absolute atomic E-state index is 6.31. The van der Waals surface area contributed by atoms with E-state index in [4.69, 9.17) is 17.3 Å². The van der Waals surface area contributed by atoms with E-state index in [1.807, 2.05) is 24.3 Å². The molecule has 2 aromatic carbocycles. The molecule has 0 radical (unpaired) electrons. The Morgan fingerprint density at radius 2 is 1.53 bits per heavy atom. The van der Waals surface area contributed by atoms with Crippen molar-refractivity contribution in [3.63, 3.8) is 0 Å². The van der Waals surface area contributed by atoms with Crippen molar-refractivity contribution in [3.05, 3.63) is 69.2 Å². The zero-order chi connectivity index (χ0) is 14.0. The molecule has 19 heavy (non-hydrogen) atoms. The van der Waals surface area contributed by atoms with Crippen molar-refractivity contribution in [2.24, 2.45) is 5.73 Å². The molecule has 1 atom stereocenters. The third-order valence-corrected chi connectivity index (χ3v) is 3.81. The van der Waals surface area contributed by atoms with Gasteiger partial charge in [0.1, 0.15) is 0 Å². The van der Waals surface area contributed by atoms with Crippen LogP contribution in [0.2, 0.25) is 5.02 Å². The maximum atomic E-state index is 6.31. The number of benzene rings is 2. The van der Waals surface area contributed by atoms with Gasteiger partial charge in [0.2, 0.25) is 0 Å². The van der Waals surface area contributed by atoms with Gasteiger partial charge >= 0.3 is 0 Å². The van der Waals surface area contributed by atoms with Gasteiger partial charge in [-0.2, -0.15) is 0 Å². The predicted octanol–water partition coefficient (Wildman–Crippen LogP) is 4.51. The zero-order valence-corrected chi connectivity index (χ0v) is 12.5. The van der Waals surface area contributed by atoms with Crippen molar-refractivity contribution in [2.75, 3.05) is 0 Å². The van der Waals surface area contributed by atoms with Crippen LogP contribution in [0.25, 0.3) is 0 Å². The monoisotopic (exact) mass is 273 g/mol. The van der Waals surface area contributed by atoms with Crippen LogP contribution in [0.1, 0.15) is 33.9 Å². The molecule has 0 spiro atoms. The molecule has 0 bridgehead atoms. The van der Waals surface area contributed by atoms with Gasteiger partial charge in [-0.3, -0.25) is 0 Å². The molecule has 2 N–H and O–H groups in total. The van der Waals surface area contributed by atoms with Gasteiger partial charge in [-0.15, -0.1) is 0 Å². The minimum absolute atomic E-state index is 0.0115. The maximum Gasteiger partial charge on any atom is 0.0406 e. The number of nitrogens with two attached hydrogens (primary N) is 1. The van der Waals surface area contributed by atoms with E-state index < -0.39 is 0 Å². The molecule has 1 nitrogen and oxygen atoms in total. The van der Waals surface area contributed by atoms with Crippen LogP contribution in [0.15, 0.2) is 36.4 Å². The minimum Gasteiger partial charge on any atom is -0.324 e. The van der Waals surface area contributed by atoms with Crippen molar-refractivity contribution < 1.29 is 0 Å². The van der Waals surface area contributed by atoms with Crippen LogP contribution in [0, 0.1) is 20.8 Å². The van der Waals surface area contributed by atoms with E-state index in [0.717, 1.165) is 17.0 Å². The fourth-order valence-corrected chi connectivity index (χ4v) is 2.71. The average Bonchev–Trinajstić information content (AvgIpc) is 2.34. The SMILES string of the molecule is Cc1cc(C)c(CC(N)c2ccc(Cl)cc2)c(C)c1. The number of hydrogen-bond donors (Lipinski definition) is 1. The summed E-state index contributed by atoms with van der Waals surface area (Å²) in [6, 6.07) is 12.3. The fourth-order valence-electron chi connectivity index (χ4n) is 2.58. The number of halogens is 1. The number of aryl methyl sites for hydroxylation is 3. The van der Waals surface area contributed by atoms with E-state index in [2.05, 4.69) is 32.9 Å². The van der Waals surface area contributed by atoms with Crippen LogP contribution in [0.3, 0.4) is 0 Å². The summed E-state index contributed by atoms with van der Waals surface area (Å²) in [6.07, 6.45) is 0.861. The topological polar surface area (TPSA) is 26.0 Å². The Labute approximate surface area is 120 Å². The summed E-state index contributed by atoms with van der Waals surface area (Å²) in [5.41, 5.74) is 12.7. The van der Waals surface area contributed by atoms with Gasteiger partial charge in [0.25, 0.3) is 0 Å². The summed E-state index contributed by atoms with van der Waals surface area (Å²) < 4.78 is 0. The van der Waals surface area contributed by atoms with E-state index in [9.17, 15) is 0 Å². The van der Waals surface area contributed by atoms with Crippen LogP contribution in [0.4, 0.5) is 0 Å². The Balaban J connectivity index is 2.24. The van der Waals surface area contributed by atoms with Gasteiger partial charge in [-0.05, 0) is 61.6 Å². The molecule has 0 saturated carbocycles. The first-order valence-electron chi connectivity index (χ1n) is 6.55. The first kappa shape index (κ1) is 14.1. The Kier molecular flexibility index (Phi) is 4.28. The van der Waals surface area contributed by atoms with Crippen molar-refractivity contribution in [2.45, 2.75) is 33.2 Å². The zero-order valence-electron chi connectivity index (χ0n) is 11.7. The van der Waals surface area contributed by atoms with Crippen molar-refractivity contribution >= 4 is 11.6 Å². The highest BCUT2D eigenvalue weighted by molar-refractivity contribution is 6.30. The van der Waals surface area contributed by atoms with Crippen LogP contribution in [-0.4, -0.2) is 0 Å². The van der Waals surface area contributed by atoms with Crippen LogP contribution >= 0.6 is 11.6 Å². The quantitative estimate of drug-likeness (QED) is 0.875. The molecule has 0 saturated heterocycles. The molecule has 2 aromatic rings. The van der Waals surface area contributed by atoms with E-state index >= 15 is 0 Å². The molecule has 0 aliphatic carbocycles. The minimum atomic E-state index is 0.0115. The smallest absolute Gasteiger partial charge is 0.0406 e. The third-order valence-electron chi connectivity index (χ3n) is 3.56. The highest BCUT2D eigenvalue weighted by atomic mass is 35.5. The Hall–Kier alpha value is -1.31. The summed E-state index contributed by atoms with van der Waals surface area (Å²) in [5.74, 6) is 0. The molecule has 0 aliphatic heterocycles. The lowest BCUT2D eigenvalue weighted by molar-refractivity contribution is 0.715. The second-order valence-corrected chi connectivity index (χ2v) is 5.68. The molecule has 0 fully saturated rings. The Morgan fingerprint density at radius 3 is 2.05 bits per heavy atom. The van der Waals surface area contributed by atoms with E-state index in [0.29, 0.717) is 0 Å². The fraction of sp³-hybridized carbons (Fsp3) is 0.294. The Bertz CT molecular complexity index is 549. The highest BCUT2D eigenvalue weighted by Crippen LogP contribution is 2.23. The lowest BCUT2D eigenvalue weighted by Crippen LogP contribution is -2.14. The summed E-state index contributed by atoms with van der Waals surface area (Å²) in [6.45, 7) is 6.44. The molecule has 0 heterocycles. The van der Waals surface area contributed by atoms with Gasteiger partial charge < -0.3 is 5.73 Å². The molecule has 0 aliphatic rings. The van der Waals surface area contributed by atoms with Crippen LogP contribution < -0.4 is 5.73 Å². The second-order valence-electron chi connectivity index (χ2n) is 5.24. The number of rotatable bonds is 3. The Morgan fingerprint density at radius 1 is 1.00 bits per heavy atom. The first-order valence-corrected chi connectivity index (χ1v) is 6.93. The summed E-state index contributed by atoms with van der Waals surface area (Å²) >= 11 is 5.90. The average molecular weight is 274 g/mol. The summed E-state index contributed by atoms with van der Waals surface area (Å²) in [7, 11) is 0. The predicted molar refractivity (Wildman–Crippen MR) is 82.7 cm³/mol. The van der Waals surface area contributed by atoms with Crippen molar-refractivity contribution in [1.82, 2.24) is 0 Å². The molecular formula is C17H20ClN. The van der Waals surface area contributed by atoms with Gasteiger partial charge in [-0.1, -0.05) is 41.4 Å². The highest BCUT2D eigenvalue weighted by Gasteiger charge is 2.11.